The second-order valence-corrected chi connectivity index (χ2v) is 4.34. The summed E-state index contributed by atoms with van der Waals surface area (Å²) in [4.78, 5) is 11.7. The molecule has 1 N–H and O–H groups in total. The number of carbonyl (C=O) groups is 1. The van der Waals surface area contributed by atoms with E-state index in [2.05, 4.69) is 10.5 Å². The molecule has 1 aromatic rings. The largest absolute Gasteiger partial charge is 0.497 e. The first-order valence-corrected chi connectivity index (χ1v) is 6.41. The number of hydrogen-bond acceptors (Lipinski definition) is 5. The van der Waals surface area contributed by atoms with Crippen molar-refractivity contribution in [3.63, 3.8) is 0 Å². The Hall–Kier alpha value is -2.08. The molecular weight excluding hydrogens is 260 g/mol. The van der Waals surface area contributed by atoms with Gasteiger partial charge >= 0.3 is 0 Å². The normalized spacial score (nSPS) is 18.2. The van der Waals surface area contributed by atoms with Gasteiger partial charge in [0.2, 0.25) is 0 Å². The fourth-order valence-electron chi connectivity index (χ4n) is 1.95. The Morgan fingerprint density at radius 3 is 2.95 bits per heavy atom. The molecule has 0 bridgehead atoms. The van der Waals surface area contributed by atoms with E-state index < -0.39 is 0 Å². The fraction of sp³-hybridized carbons (Fsp3) is 0.429. The Kier molecular flexibility index (Phi) is 4.95. The summed E-state index contributed by atoms with van der Waals surface area (Å²) in [6.45, 7) is 0.633. The molecule has 0 aromatic heterocycles. The molecule has 1 fully saturated rings. The number of methoxy groups -OCH3 is 2. The lowest BCUT2D eigenvalue weighted by atomic mass is 10.2. The number of rotatable bonds is 5. The van der Waals surface area contributed by atoms with E-state index in [0.717, 1.165) is 18.4 Å². The maximum atomic E-state index is 11.7. The first kappa shape index (κ1) is 14.3. The van der Waals surface area contributed by atoms with Gasteiger partial charge in [0.1, 0.15) is 17.6 Å². The number of nitrogens with one attached hydrogen (secondary N) is 1. The Balaban J connectivity index is 1.98. The van der Waals surface area contributed by atoms with Crippen molar-refractivity contribution in [2.45, 2.75) is 18.9 Å². The van der Waals surface area contributed by atoms with Crippen LogP contribution >= 0.6 is 0 Å². The Morgan fingerprint density at radius 1 is 1.45 bits per heavy atom. The number of benzene rings is 1. The van der Waals surface area contributed by atoms with Crippen LogP contribution in [0.1, 0.15) is 18.4 Å². The molecule has 0 radical (unpaired) electrons. The van der Waals surface area contributed by atoms with Crippen LogP contribution in [-0.2, 0) is 9.53 Å². The molecule has 1 aromatic carbocycles. The first-order valence-electron chi connectivity index (χ1n) is 6.41. The summed E-state index contributed by atoms with van der Waals surface area (Å²) in [5.74, 6) is 1.10. The van der Waals surface area contributed by atoms with Crippen LogP contribution in [0, 0.1) is 0 Å². The van der Waals surface area contributed by atoms with Crippen molar-refractivity contribution in [2.75, 3.05) is 20.8 Å². The van der Waals surface area contributed by atoms with Crippen molar-refractivity contribution in [3.05, 3.63) is 23.8 Å². The van der Waals surface area contributed by atoms with Gasteiger partial charge in [-0.1, -0.05) is 0 Å². The maximum absolute atomic E-state index is 11.7. The molecule has 1 aliphatic heterocycles. The molecule has 1 atom stereocenters. The highest BCUT2D eigenvalue weighted by Crippen LogP contribution is 2.23. The molecular formula is C14H18N2O4. The fourth-order valence-corrected chi connectivity index (χ4v) is 1.95. The van der Waals surface area contributed by atoms with E-state index in [1.54, 1.807) is 32.4 Å². The van der Waals surface area contributed by atoms with E-state index in [4.69, 9.17) is 14.2 Å². The molecule has 0 spiro atoms. The number of hydrogen-bond donors (Lipinski definition) is 1. The summed E-state index contributed by atoms with van der Waals surface area (Å²) in [7, 11) is 3.15. The third-order valence-electron chi connectivity index (χ3n) is 3.04. The van der Waals surface area contributed by atoms with Crippen molar-refractivity contribution < 1.29 is 19.0 Å². The third-order valence-corrected chi connectivity index (χ3v) is 3.04. The van der Waals surface area contributed by atoms with E-state index >= 15 is 0 Å². The van der Waals surface area contributed by atoms with Gasteiger partial charge in [0.15, 0.2) is 0 Å². The lowest BCUT2D eigenvalue weighted by Gasteiger charge is -2.08. The van der Waals surface area contributed by atoms with Crippen LogP contribution in [0.15, 0.2) is 23.3 Å². The van der Waals surface area contributed by atoms with Gasteiger partial charge in [-0.15, -0.1) is 0 Å². The van der Waals surface area contributed by atoms with Crippen LogP contribution in [0.4, 0.5) is 0 Å². The minimum absolute atomic E-state index is 0.216. The first-order chi connectivity index (χ1) is 9.74. The molecule has 20 heavy (non-hydrogen) atoms. The minimum atomic E-state index is -0.384. The third kappa shape index (κ3) is 3.48. The van der Waals surface area contributed by atoms with Gasteiger partial charge in [-0.05, 0) is 25.0 Å². The predicted octanol–water partition coefficient (Wildman–Crippen LogP) is 1.33. The smallest absolute Gasteiger partial charge is 0.269 e. The van der Waals surface area contributed by atoms with Crippen molar-refractivity contribution in [2.24, 2.45) is 5.10 Å². The molecule has 1 aliphatic rings. The quantitative estimate of drug-likeness (QED) is 0.651. The monoisotopic (exact) mass is 278 g/mol. The predicted molar refractivity (Wildman–Crippen MR) is 74.3 cm³/mol. The lowest BCUT2D eigenvalue weighted by Crippen LogP contribution is -2.30. The van der Waals surface area contributed by atoms with Crippen LogP contribution in [0.2, 0.25) is 0 Å². The summed E-state index contributed by atoms with van der Waals surface area (Å²) >= 11 is 0. The molecule has 1 amide bonds. The average molecular weight is 278 g/mol. The lowest BCUT2D eigenvalue weighted by molar-refractivity contribution is -0.130. The zero-order valence-electron chi connectivity index (χ0n) is 11.6. The second kappa shape index (κ2) is 6.91. The van der Waals surface area contributed by atoms with Crippen molar-refractivity contribution in [1.29, 1.82) is 0 Å². The summed E-state index contributed by atoms with van der Waals surface area (Å²) in [6, 6.07) is 5.36. The van der Waals surface area contributed by atoms with Gasteiger partial charge < -0.3 is 14.2 Å². The summed E-state index contributed by atoms with van der Waals surface area (Å²) < 4.78 is 15.6. The molecule has 0 aliphatic carbocycles. The standard InChI is InChI=1S/C14H18N2O4/c1-18-11-6-5-10(13(8-11)19-2)9-15-16-14(17)12-4-3-7-20-12/h5-6,8-9,12H,3-4,7H2,1-2H3,(H,16,17)/b15-9-/t12-/m1/s1. The molecule has 108 valence electrons. The zero-order valence-corrected chi connectivity index (χ0v) is 11.6. The van der Waals surface area contributed by atoms with Crippen LogP contribution in [0.5, 0.6) is 11.5 Å². The second-order valence-electron chi connectivity index (χ2n) is 4.34. The molecule has 1 saturated heterocycles. The van der Waals surface area contributed by atoms with Gasteiger partial charge in [0.25, 0.3) is 5.91 Å². The van der Waals surface area contributed by atoms with Crippen molar-refractivity contribution in [1.82, 2.24) is 5.43 Å². The number of hydrazone groups is 1. The Morgan fingerprint density at radius 2 is 2.30 bits per heavy atom. The van der Waals surface area contributed by atoms with Crippen LogP contribution in [0.3, 0.4) is 0 Å². The van der Waals surface area contributed by atoms with Gasteiger partial charge in [-0.3, -0.25) is 4.79 Å². The van der Waals surface area contributed by atoms with E-state index in [1.807, 2.05) is 0 Å². The van der Waals surface area contributed by atoms with Crippen LogP contribution < -0.4 is 14.9 Å². The highest BCUT2D eigenvalue weighted by molar-refractivity contribution is 5.86. The number of amides is 1. The zero-order chi connectivity index (χ0) is 14.4. The van der Waals surface area contributed by atoms with Gasteiger partial charge in [0.05, 0.1) is 20.4 Å². The molecule has 1 heterocycles. The Bertz CT molecular complexity index is 496. The topological polar surface area (TPSA) is 69.2 Å². The van der Waals surface area contributed by atoms with Crippen molar-refractivity contribution in [3.8, 4) is 11.5 Å². The maximum Gasteiger partial charge on any atom is 0.269 e. The molecule has 0 saturated carbocycles. The number of nitrogens with zero attached hydrogens (tertiary/aromatic N) is 1. The highest BCUT2D eigenvalue weighted by Gasteiger charge is 2.22. The van der Waals surface area contributed by atoms with E-state index in [1.165, 1.54) is 6.21 Å². The van der Waals surface area contributed by atoms with Gasteiger partial charge in [-0.2, -0.15) is 5.10 Å². The number of carbonyl (C=O) groups excluding carboxylic acids is 1. The van der Waals surface area contributed by atoms with E-state index in [0.29, 0.717) is 18.1 Å². The average Bonchev–Trinajstić information content (AvgIpc) is 3.01. The minimum Gasteiger partial charge on any atom is -0.497 e. The van der Waals surface area contributed by atoms with E-state index in [9.17, 15) is 4.79 Å². The summed E-state index contributed by atoms with van der Waals surface area (Å²) in [5.41, 5.74) is 3.22. The molecule has 0 unspecified atom stereocenters. The van der Waals surface area contributed by atoms with Gasteiger partial charge in [0, 0.05) is 18.2 Å². The van der Waals surface area contributed by atoms with Crippen LogP contribution in [-0.4, -0.2) is 39.1 Å². The molecule has 2 rings (SSSR count). The SMILES string of the molecule is COc1ccc(/C=N\NC(=O)[C@H]2CCCO2)c(OC)c1. The summed E-state index contributed by atoms with van der Waals surface area (Å²) in [6.07, 6.45) is 2.80. The van der Waals surface area contributed by atoms with Gasteiger partial charge in [-0.25, -0.2) is 5.43 Å². The molecule has 6 nitrogen and oxygen atoms in total. The van der Waals surface area contributed by atoms with Crippen molar-refractivity contribution >= 4 is 12.1 Å². The Labute approximate surface area is 117 Å². The van der Waals surface area contributed by atoms with Crippen LogP contribution in [0.25, 0.3) is 0 Å². The summed E-state index contributed by atoms with van der Waals surface area (Å²) in [5, 5.41) is 3.92. The molecule has 6 heteroatoms. The number of ether oxygens (including phenoxy) is 3. The highest BCUT2D eigenvalue weighted by atomic mass is 16.5. The van der Waals surface area contributed by atoms with E-state index in [-0.39, 0.29) is 12.0 Å².